The summed E-state index contributed by atoms with van der Waals surface area (Å²) in [4.78, 5) is 14.7. The second-order valence-corrected chi connectivity index (χ2v) is 9.35. The molecule has 0 spiro atoms. The van der Waals surface area contributed by atoms with E-state index in [-0.39, 0.29) is 23.1 Å². The molecule has 0 atom stereocenters. The Morgan fingerprint density at radius 1 is 1.03 bits per heavy atom. The maximum Gasteiger partial charge on any atom is 0.268 e. The first kappa shape index (κ1) is 21.2. The van der Waals surface area contributed by atoms with Crippen molar-refractivity contribution < 1.29 is 17.9 Å². The standard InChI is InChI=1S/C22H28N2O4S/c1-16-7-10-20(28-4)21(13-16)29(26,27)24(15-22(25)23-11-5-6-12-23)19-9-8-17(2)18(3)14-19/h7-10,13-14H,5-6,11-12,15H2,1-4H3. The first-order valence-electron chi connectivity index (χ1n) is 9.76. The molecule has 0 bridgehead atoms. The van der Waals surface area contributed by atoms with Gasteiger partial charge in [-0.25, -0.2) is 8.42 Å². The topological polar surface area (TPSA) is 66.9 Å². The summed E-state index contributed by atoms with van der Waals surface area (Å²) in [6.45, 7) is 6.84. The minimum absolute atomic E-state index is 0.0625. The van der Waals surface area contributed by atoms with Gasteiger partial charge in [0.15, 0.2) is 0 Å². The Morgan fingerprint density at radius 2 is 1.72 bits per heavy atom. The second kappa shape index (κ2) is 8.45. The number of anilines is 1. The quantitative estimate of drug-likeness (QED) is 0.724. The van der Waals surface area contributed by atoms with E-state index in [9.17, 15) is 13.2 Å². The molecular weight excluding hydrogens is 388 g/mol. The number of amides is 1. The number of hydrogen-bond acceptors (Lipinski definition) is 4. The minimum atomic E-state index is -4.01. The van der Waals surface area contributed by atoms with E-state index in [1.807, 2.05) is 32.9 Å². The summed E-state index contributed by atoms with van der Waals surface area (Å²) >= 11 is 0. The van der Waals surface area contributed by atoms with Gasteiger partial charge in [-0.1, -0.05) is 12.1 Å². The Kier molecular flexibility index (Phi) is 6.17. The van der Waals surface area contributed by atoms with E-state index in [0.717, 1.165) is 29.5 Å². The van der Waals surface area contributed by atoms with Gasteiger partial charge in [0, 0.05) is 13.1 Å². The lowest BCUT2D eigenvalue weighted by Crippen LogP contribution is -2.42. The van der Waals surface area contributed by atoms with Crippen LogP contribution in [0.1, 0.15) is 29.5 Å². The van der Waals surface area contributed by atoms with Gasteiger partial charge >= 0.3 is 0 Å². The lowest BCUT2D eigenvalue weighted by Gasteiger charge is -2.27. The first-order chi connectivity index (χ1) is 13.7. The molecule has 3 rings (SSSR count). The monoisotopic (exact) mass is 416 g/mol. The Morgan fingerprint density at radius 3 is 2.34 bits per heavy atom. The van der Waals surface area contributed by atoms with Crippen LogP contribution >= 0.6 is 0 Å². The lowest BCUT2D eigenvalue weighted by atomic mass is 10.1. The van der Waals surface area contributed by atoms with E-state index in [0.29, 0.717) is 18.8 Å². The van der Waals surface area contributed by atoms with Crippen molar-refractivity contribution >= 4 is 21.6 Å². The molecule has 2 aromatic rings. The fourth-order valence-electron chi connectivity index (χ4n) is 3.49. The predicted molar refractivity (Wildman–Crippen MR) is 114 cm³/mol. The maximum atomic E-state index is 13.7. The number of hydrogen-bond donors (Lipinski definition) is 0. The van der Waals surface area contributed by atoms with E-state index >= 15 is 0 Å². The third-order valence-electron chi connectivity index (χ3n) is 5.40. The number of sulfonamides is 1. The molecule has 1 aliphatic rings. The average molecular weight is 417 g/mol. The summed E-state index contributed by atoms with van der Waals surface area (Å²) in [6, 6.07) is 10.5. The van der Waals surface area contributed by atoms with Crippen LogP contribution < -0.4 is 9.04 Å². The van der Waals surface area contributed by atoms with Crippen LogP contribution in [0, 0.1) is 20.8 Å². The van der Waals surface area contributed by atoms with Crippen LogP contribution in [0.3, 0.4) is 0 Å². The van der Waals surface area contributed by atoms with Gasteiger partial charge in [0.2, 0.25) is 5.91 Å². The number of carbonyl (C=O) groups is 1. The third-order valence-corrected chi connectivity index (χ3v) is 7.20. The minimum Gasteiger partial charge on any atom is -0.495 e. The molecule has 1 heterocycles. The van der Waals surface area contributed by atoms with Gasteiger partial charge in [-0.3, -0.25) is 9.10 Å². The van der Waals surface area contributed by atoms with Crippen molar-refractivity contribution in [1.29, 1.82) is 0 Å². The van der Waals surface area contributed by atoms with Gasteiger partial charge < -0.3 is 9.64 Å². The van der Waals surface area contributed by atoms with Gasteiger partial charge in [0.05, 0.1) is 12.8 Å². The Labute approximate surface area is 173 Å². The van der Waals surface area contributed by atoms with E-state index in [4.69, 9.17) is 4.74 Å². The number of carbonyl (C=O) groups excluding carboxylic acids is 1. The van der Waals surface area contributed by atoms with Gasteiger partial charge in [-0.2, -0.15) is 0 Å². The average Bonchev–Trinajstić information content (AvgIpc) is 3.23. The number of ether oxygens (including phenoxy) is 1. The molecule has 0 radical (unpaired) electrons. The van der Waals surface area contributed by atoms with Crippen LogP contribution in [0.25, 0.3) is 0 Å². The molecule has 1 saturated heterocycles. The molecular formula is C22H28N2O4S. The molecule has 0 unspecified atom stereocenters. The molecule has 1 aliphatic heterocycles. The van der Waals surface area contributed by atoms with Crippen LogP contribution in [0.15, 0.2) is 41.3 Å². The molecule has 6 nitrogen and oxygen atoms in total. The largest absolute Gasteiger partial charge is 0.495 e. The molecule has 7 heteroatoms. The van der Waals surface area contributed by atoms with E-state index in [2.05, 4.69) is 0 Å². The fraction of sp³-hybridized carbons (Fsp3) is 0.409. The number of methoxy groups -OCH3 is 1. The summed E-state index contributed by atoms with van der Waals surface area (Å²) in [5.74, 6) is 0.0778. The van der Waals surface area contributed by atoms with Gasteiger partial charge in [0.25, 0.3) is 10.0 Å². The highest BCUT2D eigenvalue weighted by Gasteiger charge is 2.32. The van der Waals surface area contributed by atoms with Crippen LogP contribution in [-0.4, -0.2) is 46.0 Å². The zero-order valence-electron chi connectivity index (χ0n) is 17.4. The fourth-order valence-corrected chi connectivity index (χ4v) is 5.14. The highest BCUT2D eigenvalue weighted by Crippen LogP contribution is 2.32. The molecule has 0 aliphatic carbocycles. The van der Waals surface area contributed by atoms with Crippen molar-refractivity contribution in [2.24, 2.45) is 0 Å². The zero-order valence-corrected chi connectivity index (χ0v) is 18.3. The molecule has 2 aromatic carbocycles. The Hall–Kier alpha value is -2.54. The maximum absolute atomic E-state index is 13.7. The van der Waals surface area contributed by atoms with Crippen molar-refractivity contribution in [3.05, 3.63) is 53.1 Å². The normalized spacial score (nSPS) is 14.1. The van der Waals surface area contributed by atoms with E-state index < -0.39 is 10.0 Å². The highest BCUT2D eigenvalue weighted by molar-refractivity contribution is 7.93. The van der Waals surface area contributed by atoms with Crippen LogP contribution in [-0.2, 0) is 14.8 Å². The second-order valence-electron chi connectivity index (χ2n) is 7.52. The Balaban J connectivity index is 2.09. The number of aryl methyl sites for hydroxylation is 3. The van der Waals surface area contributed by atoms with Crippen molar-refractivity contribution in [1.82, 2.24) is 4.90 Å². The summed E-state index contributed by atoms with van der Waals surface area (Å²) in [5.41, 5.74) is 3.30. The van der Waals surface area contributed by atoms with Gasteiger partial charge in [-0.15, -0.1) is 0 Å². The van der Waals surface area contributed by atoms with E-state index in [1.165, 1.54) is 11.4 Å². The number of likely N-dealkylation sites (tertiary alicyclic amines) is 1. The lowest BCUT2D eigenvalue weighted by molar-refractivity contribution is -0.128. The number of rotatable bonds is 6. The molecule has 1 fully saturated rings. The third kappa shape index (κ3) is 4.40. The van der Waals surface area contributed by atoms with E-state index in [1.54, 1.807) is 29.2 Å². The summed E-state index contributed by atoms with van der Waals surface area (Å²) in [7, 11) is -2.57. The zero-order chi connectivity index (χ0) is 21.2. The van der Waals surface area contributed by atoms with Crippen molar-refractivity contribution in [2.45, 2.75) is 38.5 Å². The summed E-state index contributed by atoms with van der Waals surface area (Å²) < 4.78 is 33.9. The molecule has 156 valence electrons. The van der Waals surface area contributed by atoms with Crippen LogP contribution in [0.4, 0.5) is 5.69 Å². The summed E-state index contributed by atoms with van der Waals surface area (Å²) in [6.07, 6.45) is 1.90. The molecule has 0 aromatic heterocycles. The smallest absolute Gasteiger partial charge is 0.268 e. The van der Waals surface area contributed by atoms with Crippen molar-refractivity contribution in [3.63, 3.8) is 0 Å². The SMILES string of the molecule is COc1ccc(C)cc1S(=O)(=O)N(CC(=O)N1CCCC1)c1ccc(C)c(C)c1. The molecule has 29 heavy (non-hydrogen) atoms. The van der Waals surface area contributed by atoms with Crippen molar-refractivity contribution in [2.75, 3.05) is 31.0 Å². The first-order valence-corrected chi connectivity index (χ1v) is 11.2. The predicted octanol–water partition coefficient (Wildman–Crippen LogP) is 3.44. The van der Waals surface area contributed by atoms with Gasteiger partial charge in [-0.05, 0) is 74.6 Å². The van der Waals surface area contributed by atoms with Gasteiger partial charge in [0.1, 0.15) is 17.2 Å². The molecule has 0 saturated carbocycles. The molecule has 0 N–H and O–H groups in total. The number of benzene rings is 2. The highest BCUT2D eigenvalue weighted by atomic mass is 32.2. The Bertz CT molecular complexity index is 1010. The van der Waals surface area contributed by atoms with Crippen LogP contribution in [0.5, 0.6) is 5.75 Å². The van der Waals surface area contributed by atoms with Crippen LogP contribution in [0.2, 0.25) is 0 Å². The number of nitrogens with zero attached hydrogens (tertiary/aromatic N) is 2. The summed E-state index contributed by atoms with van der Waals surface area (Å²) in [5, 5.41) is 0. The molecule has 1 amide bonds. The van der Waals surface area contributed by atoms with Crippen molar-refractivity contribution in [3.8, 4) is 5.75 Å².